The summed E-state index contributed by atoms with van der Waals surface area (Å²) in [5, 5.41) is 4.50. The largest absolute Gasteiger partial charge is 0.375 e. The van der Waals surface area contributed by atoms with E-state index in [-0.39, 0.29) is 11.9 Å². The number of anilines is 1. The summed E-state index contributed by atoms with van der Waals surface area (Å²) in [6.07, 6.45) is 3.91. The SMILES string of the molecule is CCC(Nc1cnc2ccccc2c1)c1ccc(F)cn1. The van der Waals surface area contributed by atoms with Crippen LogP contribution in [0.2, 0.25) is 0 Å². The number of benzene rings is 1. The van der Waals surface area contributed by atoms with E-state index in [2.05, 4.69) is 28.3 Å². The molecular weight excluding hydrogens is 265 g/mol. The molecule has 0 aliphatic rings. The van der Waals surface area contributed by atoms with Gasteiger partial charge in [-0.3, -0.25) is 9.97 Å². The Hall–Kier alpha value is -2.49. The number of rotatable bonds is 4. The predicted octanol–water partition coefficient (Wildman–Crippen LogP) is 4.33. The average molecular weight is 281 g/mol. The second-order valence-corrected chi connectivity index (χ2v) is 4.92. The van der Waals surface area contributed by atoms with Gasteiger partial charge < -0.3 is 5.32 Å². The molecule has 0 spiro atoms. The molecule has 0 radical (unpaired) electrons. The molecule has 1 unspecified atom stereocenters. The van der Waals surface area contributed by atoms with Crippen molar-refractivity contribution < 1.29 is 4.39 Å². The van der Waals surface area contributed by atoms with Crippen molar-refractivity contribution in [3.63, 3.8) is 0 Å². The lowest BCUT2D eigenvalue weighted by molar-refractivity contribution is 0.614. The lowest BCUT2D eigenvalue weighted by Gasteiger charge is -2.17. The molecule has 0 saturated heterocycles. The fourth-order valence-electron chi connectivity index (χ4n) is 2.33. The molecule has 2 heterocycles. The van der Waals surface area contributed by atoms with Crippen molar-refractivity contribution in [1.82, 2.24) is 9.97 Å². The zero-order chi connectivity index (χ0) is 14.7. The van der Waals surface area contributed by atoms with Crippen LogP contribution in [0.1, 0.15) is 25.1 Å². The minimum absolute atomic E-state index is 0.0357. The van der Waals surface area contributed by atoms with Crippen LogP contribution < -0.4 is 5.32 Å². The normalized spacial score (nSPS) is 12.3. The van der Waals surface area contributed by atoms with Gasteiger partial charge >= 0.3 is 0 Å². The Bertz CT molecular complexity index is 740. The van der Waals surface area contributed by atoms with E-state index in [1.807, 2.05) is 30.5 Å². The molecule has 0 bridgehead atoms. The van der Waals surface area contributed by atoms with Gasteiger partial charge in [-0.05, 0) is 30.7 Å². The van der Waals surface area contributed by atoms with E-state index in [4.69, 9.17) is 0 Å². The minimum Gasteiger partial charge on any atom is -0.375 e. The van der Waals surface area contributed by atoms with Crippen LogP contribution in [0.15, 0.2) is 54.9 Å². The number of nitrogens with zero attached hydrogens (tertiary/aromatic N) is 2. The highest BCUT2D eigenvalue weighted by molar-refractivity contribution is 5.81. The number of para-hydroxylation sites is 1. The summed E-state index contributed by atoms with van der Waals surface area (Å²) in [5.74, 6) is -0.319. The molecular formula is C17H16FN3. The maximum Gasteiger partial charge on any atom is 0.141 e. The third-order valence-corrected chi connectivity index (χ3v) is 3.45. The minimum atomic E-state index is -0.319. The Balaban J connectivity index is 1.86. The zero-order valence-electron chi connectivity index (χ0n) is 11.8. The number of pyridine rings is 2. The molecule has 106 valence electrons. The van der Waals surface area contributed by atoms with Crippen molar-refractivity contribution in [3.05, 3.63) is 66.4 Å². The molecule has 2 aromatic heterocycles. The monoisotopic (exact) mass is 281 g/mol. The first-order valence-corrected chi connectivity index (χ1v) is 6.99. The van der Waals surface area contributed by atoms with Crippen LogP contribution in [0.25, 0.3) is 10.9 Å². The lowest BCUT2D eigenvalue weighted by atomic mass is 10.1. The van der Waals surface area contributed by atoms with Gasteiger partial charge in [-0.25, -0.2) is 4.39 Å². The first-order valence-electron chi connectivity index (χ1n) is 6.99. The maximum absolute atomic E-state index is 13.0. The van der Waals surface area contributed by atoms with Gasteiger partial charge in [-0.15, -0.1) is 0 Å². The topological polar surface area (TPSA) is 37.8 Å². The van der Waals surface area contributed by atoms with E-state index < -0.39 is 0 Å². The van der Waals surface area contributed by atoms with Crippen molar-refractivity contribution >= 4 is 16.6 Å². The van der Waals surface area contributed by atoms with E-state index in [0.717, 1.165) is 28.7 Å². The summed E-state index contributed by atoms with van der Waals surface area (Å²) in [4.78, 5) is 8.58. The number of aromatic nitrogens is 2. The van der Waals surface area contributed by atoms with Crippen LogP contribution in [-0.2, 0) is 0 Å². The van der Waals surface area contributed by atoms with Crippen LogP contribution in [0.3, 0.4) is 0 Å². The van der Waals surface area contributed by atoms with Crippen LogP contribution in [0.5, 0.6) is 0 Å². The summed E-state index contributed by atoms with van der Waals surface area (Å²) >= 11 is 0. The van der Waals surface area contributed by atoms with Gasteiger partial charge in [0.15, 0.2) is 0 Å². The van der Waals surface area contributed by atoms with Crippen molar-refractivity contribution in [1.29, 1.82) is 0 Å². The Labute approximate surface area is 122 Å². The Kier molecular flexibility index (Phi) is 3.77. The summed E-state index contributed by atoms with van der Waals surface area (Å²) in [6, 6.07) is 13.2. The second kappa shape index (κ2) is 5.87. The van der Waals surface area contributed by atoms with E-state index in [1.54, 1.807) is 6.07 Å². The molecule has 1 N–H and O–H groups in total. The van der Waals surface area contributed by atoms with Crippen molar-refractivity contribution in [2.45, 2.75) is 19.4 Å². The van der Waals surface area contributed by atoms with Gasteiger partial charge in [0, 0.05) is 5.39 Å². The highest BCUT2D eigenvalue weighted by Crippen LogP contribution is 2.23. The maximum atomic E-state index is 13.0. The molecule has 3 nitrogen and oxygen atoms in total. The summed E-state index contributed by atoms with van der Waals surface area (Å²) in [5.41, 5.74) is 2.73. The summed E-state index contributed by atoms with van der Waals surface area (Å²) in [7, 11) is 0. The third-order valence-electron chi connectivity index (χ3n) is 3.45. The lowest BCUT2D eigenvalue weighted by Crippen LogP contribution is -2.11. The highest BCUT2D eigenvalue weighted by Gasteiger charge is 2.11. The van der Waals surface area contributed by atoms with Gasteiger partial charge in [0.1, 0.15) is 5.82 Å². The number of fused-ring (bicyclic) bond motifs is 1. The second-order valence-electron chi connectivity index (χ2n) is 4.92. The molecule has 4 heteroatoms. The van der Waals surface area contributed by atoms with Crippen LogP contribution in [0, 0.1) is 5.82 Å². The summed E-state index contributed by atoms with van der Waals surface area (Å²) in [6.45, 7) is 2.07. The first-order chi connectivity index (χ1) is 10.3. The highest BCUT2D eigenvalue weighted by atomic mass is 19.1. The molecule has 0 aliphatic heterocycles. The molecule has 0 fully saturated rings. The van der Waals surface area contributed by atoms with Crippen LogP contribution in [0.4, 0.5) is 10.1 Å². The zero-order valence-corrected chi connectivity index (χ0v) is 11.8. The molecule has 0 saturated carbocycles. The molecule has 1 atom stereocenters. The van der Waals surface area contributed by atoms with Gasteiger partial charge in [-0.2, -0.15) is 0 Å². The molecule has 1 aromatic carbocycles. The third kappa shape index (κ3) is 2.99. The molecule has 0 amide bonds. The van der Waals surface area contributed by atoms with E-state index in [0.29, 0.717) is 0 Å². The smallest absolute Gasteiger partial charge is 0.141 e. The van der Waals surface area contributed by atoms with E-state index in [1.165, 1.54) is 12.3 Å². The fourth-order valence-corrected chi connectivity index (χ4v) is 2.33. The number of nitrogens with one attached hydrogen (secondary N) is 1. The Morgan fingerprint density at radius 1 is 1.10 bits per heavy atom. The quantitative estimate of drug-likeness (QED) is 0.773. The van der Waals surface area contributed by atoms with Gasteiger partial charge in [0.25, 0.3) is 0 Å². The fraction of sp³-hybridized carbons (Fsp3) is 0.176. The molecule has 3 aromatic rings. The number of hydrogen-bond donors (Lipinski definition) is 1. The summed E-state index contributed by atoms with van der Waals surface area (Å²) < 4.78 is 13.0. The van der Waals surface area contributed by atoms with Crippen molar-refractivity contribution in [2.24, 2.45) is 0 Å². The van der Waals surface area contributed by atoms with Gasteiger partial charge in [0.2, 0.25) is 0 Å². The first kappa shape index (κ1) is 13.5. The van der Waals surface area contributed by atoms with Crippen LogP contribution >= 0.6 is 0 Å². The van der Waals surface area contributed by atoms with Crippen molar-refractivity contribution in [3.8, 4) is 0 Å². The Morgan fingerprint density at radius 2 is 1.95 bits per heavy atom. The average Bonchev–Trinajstić information content (AvgIpc) is 2.53. The van der Waals surface area contributed by atoms with E-state index in [9.17, 15) is 4.39 Å². The van der Waals surface area contributed by atoms with E-state index >= 15 is 0 Å². The van der Waals surface area contributed by atoms with Gasteiger partial charge in [-0.1, -0.05) is 25.1 Å². The molecule has 21 heavy (non-hydrogen) atoms. The standard InChI is InChI=1S/C17H16FN3/c1-2-15(17-8-7-13(18)10-19-17)21-14-9-12-5-3-4-6-16(12)20-11-14/h3-11,15,21H,2H2,1H3. The molecule has 0 aliphatic carbocycles. The van der Waals surface area contributed by atoms with Crippen molar-refractivity contribution in [2.75, 3.05) is 5.32 Å². The Morgan fingerprint density at radius 3 is 2.71 bits per heavy atom. The predicted molar refractivity (Wildman–Crippen MR) is 82.6 cm³/mol. The number of hydrogen-bond acceptors (Lipinski definition) is 3. The van der Waals surface area contributed by atoms with Gasteiger partial charge in [0.05, 0.1) is 35.3 Å². The number of halogens is 1. The molecule has 3 rings (SSSR count). The van der Waals surface area contributed by atoms with Crippen LogP contribution in [-0.4, -0.2) is 9.97 Å².